The van der Waals surface area contributed by atoms with Crippen LogP contribution in [0.3, 0.4) is 0 Å². The first-order valence-electron chi connectivity index (χ1n) is 8.73. The summed E-state index contributed by atoms with van der Waals surface area (Å²) < 4.78 is 15.4. The molecule has 0 unspecified atom stereocenters. The van der Waals surface area contributed by atoms with Gasteiger partial charge >= 0.3 is 5.97 Å². The second-order valence-electron chi connectivity index (χ2n) is 6.07. The average molecular weight is 393 g/mol. The quantitative estimate of drug-likeness (QED) is 0.488. The van der Waals surface area contributed by atoms with Gasteiger partial charge in [-0.2, -0.15) is 0 Å². The van der Waals surface area contributed by atoms with Crippen molar-refractivity contribution in [3.05, 3.63) is 65.7 Å². The number of ether oxygens (including phenoxy) is 3. The van der Waals surface area contributed by atoms with E-state index in [0.29, 0.717) is 12.0 Å². The van der Waals surface area contributed by atoms with Crippen LogP contribution in [0.25, 0.3) is 10.8 Å². The Balaban J connectivity index is 1.71. The highest BCUT2D eigenvalue weighted by atomic mass is 16.5. The van der Waals surface area contributed by atoms with Crippen LogP contribution in [0, 0.1) is 0 Å². The number of anilines is 1. The van der Waals surface area contributed by atoms with E-state index in [0.717, 1.165) is 10.8 Å². The van der Waals surface area contributed by atoms with E-state index in [1.807, 2.05) is 36.4 Å². The molecule has 0 aliphatic heterocycles. The molecule has 148 valence electrons. The molecule has 29 heavy (non-hydrogen) atoms. The van der Waals surface area contributed by atoms with E-state index in [1.54, 1.807) is 6.07 Å². The minimum Gasteiger partial charge on any atom is -0.493 e. The molecule has 0 aromatic heterocycles. The molecule has 1 N–H and O–H groups in total. The summed E-state index contributed by atoms with van der Waals surface area (Å²) in [5.41, 5.74) is 0.556. The number of carbonyl (C=O) groups is 3. The number of aldehydes is 1. The Morgan fingerprint density at radius 3 is 2.41 bits per heavy atom. The van der Waals surface area contributed by atoms with Gasteiger partial charge in [-0.1, -0.05) is 30.3 Å². The number of carbonyl (C=O) groups excluding carboxylic acids is 3. The molecular formula is C22H19NO6. The van der Waals surface area contributed by atoms with Gasteiger partial charge in [0.2, 0.25) is 0 Å². The summed E-state index contributed by atoms with van der Waals surface area (Å²) in [7, 11) is 2.75. The first kappa shape index (κ1) is 19.9. The van der Waals surface area contributed by atoms with Crippen LogP contribution in [0.1, 0.15) is 20.7 Å². The number of esters is 1. The van der Waals surface area contributed by atoms with E-state index < -0.39 is 18.5 Å². The smallest absolute Gasteiger partial charge is 0.343 e. The van der Waals surface area contributed by atoms with Gasteiger partial charge in [-0.25, -0.2) is 4.79 Å². The summed E-state index contributed by atoms with van der Waals surface area (Å²) in [5, 5.41) is 4.70. The lowest BCUT2D eigenvalue weighted by Gasteiger charge is -2.14. The molecule has 0 saturated heterocycles. The molecule has 7 heteroatoms. The fraction of sp³-hybridized carbons (Fsp3) is 0.136. The van der Waals surface area contributed by atoms with Gasteiger partial charge < -0.3 is 19.5 Å². The minimum atomic E-state index is -0.864. The van der Waals surface area contributed by atoms with Crippen molar-refractivity contribution in [3.63, 3.8) is 0 Å². The summed E-state index contributed by atoms with van der Waals surface area (Å²) in [4.78, 5) is 36.0. The van der Waals surface area contributed by atoms with Crippen molar-refractivity contribution >= 4 is 34.6 Å². The molecule has 0 aliphatic rings. The lowest BCUT2D eigenvalue weighted by atomic mass is 10.1. The molecule has 0 fully saturated rings. The van der Waals surface area contributed by atoms with E-state index in [1.165, 1.54) is 26.4 Å². The molecule has 3 aromatic carbocycles. The maximum absolute atomic E-state index is 12.5. The Bertz CT molecular complexity index is 1080. The highest BCUT2D eigenvalue weighted by molar-refractivity contribution is 6.03. The Hall–Kier alpha value is -3.87. The topological polar surface area (TPSA) is 90.9 Å². The summed E-state index contributed by atoms with van der Waals surface area (Å²) >= 11 is 0. The number of amides is 1. The van der Waals surface area contributed by atoms with E-state index in [-0.39, 0.29) is 22.6 Å². The van der Waals surface area contributed by atoms with Crippen molar-refractivity contribution in [1.29, 1.82) is 0 Å². The van der Waals surface area contributed by atoms with Crippen molar-refractivity contribution in [3.8, 4) is 11.5 Å². The third kappa shape index (κ3) is 4.35. The van der Waals surface area contributed by atoms with Crippen LogP contribution < -0.4 is 14.8 Å². The fourth-order valence-corrected chi connectivity index (χ4v) is 2.92. The average Bonchev–Trinajstić information content (AvgIpc) is 2.76. The number of nitrogens with one attached hydrogen (secondary N) is 1. The van der Waals surface area contributed by atoms with Gasteiger partial charge in [-0.3, -0.25) is 9.59 Å². The summed E-state index contributed by atoms with van der Waals surface area (Å²) in [6.45, 7) is -0.523. The molecule has 0 saturated carbocycles. The van der Waals surface area contributed by atoms with Crippen LogP contribution in [-0.4, -0.2) is 39.0 Å². The Kier molecular flexibility index (Phi) is 6.09. The maximum Gasteiger partial charge on any atom is 0.343 e. The second kappa shape index (κ2) is 8.88. The predicted octanol–water partition coefficient (Wildman–Crippen LogP) is 3.47. The van der Waals surface area contributed by atoms with E-state index >= 15 is 0 Å². The third-order valence-electron chi connectivity index (χ3n) is 4.28. The van der Waals surface area contributed by atoms with E-state index in [9.17, 15) is 14.4 Å². The Morgan fingerprint density at radius 2 is 1.72 bits per heavy atom. The van der Waals surface area contributed by atoms with Crippen LogP contribution in [0.5, 0.6) is 11.5 Å². The lowest BCUT2D eigenvalue weighted by Crippen LogP contribution is -2.21. The highest BCUT2D eigenvalue weighted by Gasteiger charge is 2.23. The monoisotopic (exact) mass is 393 g/mol. The first-order valence-corrected chi connectivity index (χ1v) is 8.73. The second-order valence-corrected chi connectivity index (χ2v) is 6.07. The number of benzene rings is 3. The molecule has 0 heterocycles. The number of fused-ring (bicyclic) bond motifs is 1. The normalized spacial score (nSPS) is 10.3. The summed E-state index contributed by atoms with van der Waals surface area (Å²) in [6.07, 6.45) is 0.508. The minimum absolute atomic E-state index is 0.0667. The van der Waals surface area contributed by atoms with Crippen molar-refractivity contribution in [1.82, 2.24) is 0 Å². The van der Waals surface area contributed by atoms with Gasteiger partial charge in [0.25, 0.3) is 5.91 Å². The number of hydrogen-bond donors (Lipinski definition) is 1. The SMILES string of the molecule is COc1ccc(C=O)c(C(=O)OCC(=O)Nc2ccc3ccccc3c2)c1OC. The van der Waals surface area contributed by atoms with Crippen LogP contribution in [-0.2, 0) is 9.53 Å². The largest absolute Gasteiger partial charge is 0.493 e. The Morgan fingerprint density at radius 1 is 0.966 bits per heavy atom. The number of hydrogen-bond acceptors (Lipinski definition) is 6. The Labute approximate surface area is 167 Å². The molecule has 0 radical (unpaired) electrons. The van der Waals surface area contributed by atoms with Gasteiger partial charge in [-0.05, 0) is 35.0 Å². The van der Waals surface area contributed by atoms with Crippen molar-refractivity contribution in [2.45, 2.75) is 0 Å². The van der Waals surface area contributed by atoms with E-state index in [4.69, 9.17) is 14.2 Å². The molecule has 0 atom stereocenters. The van der Waals surface area contributed by atoms with Gasteiger partial charge in [-0.15, -0.1) is 0 Å². The maximum atomic E-state index is 12.5. The number of methoxy groups -OCH3 is 2. The van der Waals surface area contributed by atoms with Crippen LogP contribution >= 0.6 is 0 Å². The molecule has 0 aliphatic carbocycles. The highest BCUT2D eigenvalue weighted by Crippen LogP contribution is 2.33. The van der Waals surface area contributed by atoms with Gasteiger partial charge in [0.05, 0.1) is 14.2 Å². The third-order valence-corrected chi connectivity index (χ3v) is 4.28. The fourth-order valence-electron chi connectivity index (χ4n) is 2.92. The zero-order chi connectivity index (χ0) is 20.8. The van der Waals surface area contributed by atoms with Gasteiger partial charge in [0.15, 0.2) is 24.4 Å². The molecular weight excluding hydrogens is 374 g/mol. The first-order chi connectivity index (χ1) is 14.1. The zero-order valence-corrected chi connectivity index (χ0v) is 15.9. The van der Waals surface area contributed by atoms with Crippen LogP contribution in [0.2, 0.25) is 0 Å². The molecule has 3 aromatic rings. The van der Waals surface area contributed by atoms with Crippen molar-refractivity contribution in [2.75, 3.05) is 26.1 Å². The van der Waals surface area contributed by atoms with Gasteiger partial charge in [0, 0.05) is 11.3 Å². The summed E-state index contributed by atoms with van der Waals surface area (Å²) in [5.74, 6) is -1.04. The zero-order valence-electron chi connectivity index (χ0n) is 15.9. The van der Waals surface area contributed by atoms with Crippen molar-refractivity contribution < 1.29 is 28.6 Å². The predicted molar refractivity (Wildman–Crippen MR) is 108 cm³/mol. The standard InChI is InChI=1S/C22H19NO6/c1-27-18-10-8-16(12-24)20(21(18)28-2)22(26)29-13-19(25)23-17-9-7-14-5-3-4-6-15(14)11-17/h3-12H,13H2,1-2H3,(H,23,25). The van der Waals surface area contributed by atoms with Crippen LogP contribution in [0.4, 0.5) is 5.69 Å². The molecule has 0 bridgehead atoms. The van der Waals surface area contributed by atoms with Crippen LogP contribution in [0.15, 0.2) is 54.6 Å². The molecule has 3 rings (SSSR count). The van der Waals surface area contributed by atoms with Crippen molar-refractivity contribution in [2.24, 2.45) is 0 Å². The molecule has 0 spiro atoms. The van der Waals surface area contributed by atoms with E-state index in [2.05, 4.69) is 5.32 Å². The van der Waals surface area contributed by atoms with Gasteiger partial charge in [0.1, 0.15) is 5.56 Å². The molecule has 1 amide bonds. The number of rotatable bonds is 7. The lowest BCUT2D eigenvalue weighted by molar-refractivity contribution is -0.119. The molecule has 7 nitrogen and oxygen atoms in total. The summed E-state index contributed by atoms with van der Waals surface area (Å²) in [6, 6.07) is 16.1.